The molecule has 1 aromatic carbocycles. The standard InChI is InChI=1S/C25H26F2N6O2S3/c1-15-9-17(12-19(27)10-15)14-21(35)29-25-33-31-23(38-25)6-8-36-7-5-22-30-32-24(37-22)28-20(34)13-16-3-2-4-18(26)11-16/h2-4,9,11-12,15H,5-8,10,13-14H2,1H3,(H,28,32,34)(H,29,33,35). The average molecular weight is 577 g/mol. The summed E-state index contributed by atoms with van der Waals surface area (Å²) in [5.41, 5.74) is 1.27. The molecular formula is C25H26F2N6O2S3. The van der Waals surface area contributed by atoms with Crippen LogP contribution in [0.3, 0.4) is 0 Å². The van der Waals surface area contributed by atoms with E-state index >= 15 is 0 Å². The molecule has 1 atom stereocenters. The van der Waals surface area contributed by atoms with Crippen LogP contribution < -0.4 is 10.6 Å². The van der Waals surface area contributed by atoms with Crippen molar-refractivity contribution in [2.75, 3.05) is 22.1 Å². The van der Waals surface area contributed by atoms with Crippen molar-refractivity contribution in [1.82, 2.24) is 20.4 Å². The zero-order valence-electron chi connectivity index (χ0n) is 20.6. The van der Waals surface area contributed by atoms with E-state index in [2.05, 4.69) is 31.0 Å². The maximum atomic E-state index is 13.6. The van der Waals surface area contributed by atoms with Crippen LogP contribution in [0.4, 0.5) is 19.0 Å². The van der Waals surface area contributed by atoms with Gasteiger partial charge in [0.05, 0.1) is 12.8 Å². The lowest BCUT2D eigenvalue weighted by atomic mass is 9.95. The Morgan fingerprint density at radius 2 is 1.61 bits per heavy atom. The van der Waals surface area contributed by atoms with E-state index in [-0.39, 0.29) is 42.2 Å². The second-order valence-corrected chi connectivity index (χ2v) is 12.1. The van der Waals surface area contributed by atoms with Crippen molar-refractivity contribution in [2.24, 2.45) is 5.92 Å². The Labute approximate surface area is 231 Å². The molecular weight excluding hydrogens is 551 g/mol. The normalized spacial score (nSPS) is 15.1. The largest absolute Gasteiger partial charge is 0.300 e. The number of carbonyl (C=O) groups is 2. The molecule has 0 saturated carbocycles. The fraction of sp³-hybridized carbons (Fsp3) is 0.360. The fourth-order valence-corrected chi connectivity index (χ4v) is 6.37. The molecule has 8 nitrogen and oxygen atoms in total. The third-order valence-corrected chi connectivity index (χ3v) is 8.11. The molecule has 0 aliphatic heterocycles. The van der Waals surface area contributed by atoms with E-state index in [4.69, 9.17) is 0 Å². The van der Waals surface area contributed by atoms with E-state index < -0.39 is 0 Å². The first-order valence-electron chi connectivity index (χ1n) is 12.0. The number of anilines is 2. The van der Waals surface area contributed by atoms with Crippen molar-refractivity contribution in [3.8, 4) is 0 Å². The minimum atomic E-state index is -0.376. The van der Waals surface area contributed by atoms with Gasteiger partial charge in [-0.2, -0.15) is 11.8 Å². The molecule has 2 amide bonds. The van der Waals surface area contributed by atoms with E-state index in [0.717, 1.165) is 21.5 Å². The zero-order valence-corrected chi connectivity index (χ0v) is 23.0. The van der Waals surface area contributed by atoms with Gasteiger partial charge in [0, 0.05) is 19.3 Å². The number of aromatic nitrogens is 4. The molecule has 0 radical (unpaired) electrons. The predicted molar refractivity (Wildman–Crippen MR) is 148 cm³/mol. The Morgan fingerprint density at radius 1 is 0.974 bits per heavy atom. The van der Waals surface area contributed by atoms with Gasteiger partial charge in [-0.1, -0.05) is 47.8 Å². The summed E-state index contributed by atoms with van der Waals surface area (Å²) in [5.74, 6) is 0.647. The Hall–Kier alpha value is -3.03. The number of carbonyl (C=O) groups excluding carboxylic acids is 2. The number of halogens is 2. The number of aryl methyl sites for hydroxylation is 2. The molecule has 1 unspecified atom stereocenters. The Balaban J connectivity index is 1.12. The van der Waals surface area contributed by atoms with Gasteiger partial charge in [0.15, 0.2) is 0 Å². The molecule has 2 aromatic heterocycles. The summed E-state index contributed by atoms with van der Waals surface area (Å²) < 4.78 is 26.9. The molecule has 1 aliphatic carbocycles. The second-order valence-electron chi connectivity index (χ2n) is 8.71. The molecule has 2 N–H and O–H groups in total. The third kappa shape index (κ3) is 9.07. The first-order valence-corrected chi connectivity index (χ1v) is 14.7. The van der Waals surface area contributed by atoms with E-state index in [1.807, 2.05) is 13.0 Å². The van der Waals surface area contributed by atoms with Crippen LogP contribution in [0, 0.1) is 11.7 Å². The van der Waals surface area contributed by atoms with Gasteiger partial charge in [-0.25, -0.2) is 8.78 Å². The van der Waals surface area contributed by atoms with Crippen LogP contribution >= 0.6 is 34.4 Å². The minimum Gasteiger partial charge on any atom is -0.300 e. The lowest BCUT2D eigenvalue weighted by Gasteiger charge is -2.13. The van der Waals surface area contributed by atoms with Crippen LogP contribution in [0.2, 0.25) is 0 Å². The Kier molecular flexibility index (Phi) is 10.1. The fourth-order valence-electron chi connectivity index (χ4n) is 3.73. The second kappa shape index (κ2) is 13.7. The lowest BCUT2D eigenvalue weighted by molar-refractivity contribution is -0.116. The van der Waals surface area contributed by atoms with E-state index in [0.29, 0.717) is 40.7 Å². The quantitative estimate of drug-likeness (QED) is 0.279. The van der Waals surface area contributed by atoms with Crippen molar-refractivity contribution in [1.29, 1.82) is 0 Å². The van der Waals surface area contributed by atoms with Crippen molar-refractivity contribution in [3.63, 3.8) is 0 Å². The maximum absolute atomic E-state index is 13.6. The van der Waals surface area contributed by atoms with Gasteiger partial charge in [0.1, 0.15) is 21.7 Å². The summed E-state index contributed by atoms with van der Waals surface area (Å²) in [6.07, 6.45) is 5.31. The van der Waals surface area contributed by atoms with Gasteiger partial charge in [-0.15, -0.1) is 20.4 Å². The van der Waals surface area contributed by atoms with Crippen LogP contribution in [0.25, 0.3) is 0 Å². The van der Waals surface area contributed by atoms with Gasteiger partial charge in [0.25, 0.3) is 0 Å². The number of amides is 2. The van der Waals surface area contributed by atoms with E-state index in [1.165, 1.54) is 40.9 Å². The van der Waals surface area contributed by atoms with Crippen LogP contribution in [-0.4, -0.2) is 43.7 Å². The summed E-state index contributed by atoms with van der Waals surface area (Å²) in [6.45, 7) is 1.92. The number of allylic oxidation sites excluding steroid dienone is 3. The van der Waals surface area contributed by atoms with Crippen LogP contribution in [-0.2, 0) is 28.9 Å². The van der Waals surface area contributed by atoms with Crippen molar-refractivity contribution < 1.29 is 18.4 Å². The van der Waals surface area contributed by atoms with Gasteiger partial charge in [0.2, 0.25) is 22.1 Å². The number of hydrogen-bond acceptors (Lipinski definition) is 9. The molecule has 0 fully saturated rings. The van der Waals surface area contributed by atoms with Crippen LogP contribution in [0.1, 0.15) is 35.3 Å². The Morgan fingerprint density at radius 3 is 2.21 bits per heavy atom. The van der Waals surface area contributed by atoms with Gasteiger partial charge in [-0.3, -0.25) is 9.59 Å². The van der Waals surface area contributed by atoms with Crippen molar-refractivity contribution >= 4 is 56.5 Å². The van der Waals surface area contributed by atoms with Crippen molar-refractivity contribution in [3.05, 3.63) is 69.2 Å². The summed E-state index contributed by atoms with van der Waals surface area (Å²) >= 11 is 4.39. The third-order valence-electron chi connectivity index (χ3n) is 5.32. The molecule has 200 valence electrons. The lowest BCUT2D eigenvalue weighted by Crippen LogP contribution is -2.14. The smallest absolute Gasteiger partial charge is 0.230 e. The minimum absolute atomic E-state index is 0.0637. The average Bonchev–Trinajstić information content (AvgIpc) is 3.47. The monoisotopic (exact) mass is 576 g/mol. The molecule has 0 saturated heterocycles. The number of thioether (sulfide) groups is 1. The van der Waals surface area contributed by atoms with Gasteiger partial charge < -0.3 is 10.6 Å². The zero-order chi connectivity index (χ0) is 26.9. The van der Waals surface area contributed by atoms with Crippen LogP contribution in [0.5, 0.6) is 0 Å². The number of benzene rings is 1. The first kappa shape index (κ1) is 28.0. The molecule has 3 aromatic rings. The van der Waals surface area contributed by atoms with E-state index in [1.54, 1.807) is 23.9 Å². The van der Waals surface area contributed by atoms with Crippen LogP contribution in [0.15, 0.2) is 47.8 Å². The Bertz CT molecular complexity index is 1340. The number of nitrogens with one attached hydrogen (secondary N) is 2. The molecule has 0 bridgehead atoms. The number of hydrogen-bond donors (Lipinski definition) is 2. The topological polar surface area (TPSA) is 110 Å². The summed E-state index contributed by atoms with van der Waals surface area (Å²) in [4.78, 5) is 24.4. The van der Waals surface area contributed by atoms with Crippen molar-refractivity contribution in [2.45, 2.75) is 39.0 Å². The molecule has 38 heavy (non-hydrogen) atoms. The van der Waals surface area contributed by atoms with Gasteiger partial charge in [-0.05, 0) is 46.8 Å². The molecule has 2 heterocycles. The SMILES string of the molecule is CC1C=C(CC(=O)Nc2nnc(CCSCCc3nnc(NC(=O)Cc4cccc(F)c4)s3)s2)C=C(F)C1. The van der Waals surface area contributed by atoms with Gasteiger partial charge >= 0.3 is 0 Å². The molecule has 0 spiro atoms. The molecule has 13 heteroatoms. The predicted octanol–water partition coefficient (Wildman–Crippen LogP) is 5.38. The molecule has 1 aliphatic rings. The maximum Gasteiger partial charge on any atom is 0.230 e. The highest BCUT2D eigenvalue weighted by Crippen LogP contribution is 2.26. The first-order chi connectivity index (χ1) is 18.3. The highest BCUT2D eigenvalue weighted by molar-refractivity contribution is 7.99. The summed E-state index contributed by atoms with van der Waals surface area (Å²) in [5, 5.41) is 24.2. The highest BCUT2D eigenvalue weighted by atomic mass is 32.2. The summed E-state index contributed by atoms with van der Waals surface area (Å²) in [6, 6.07) is 5.93. The van der Waals surface area contributed by atoms with E-state index in [9.17, 15) is 18.4 Å². The summed E-state index contributed by atoms with van der Waals surface area (Å²) in [7, 11) is 0. The molecule has 4 rings (SSSR count). The number of rotatable bonds is 12. The highest BCUT2D eigenvalue weighted by Gasteiger charge is 2.15. The number of nitrogens with zero attached hydrogens (tertiary/aromatic N) is 4.